The first-order chi connectivity index (χ1) is 7.25. The molecule has 0 aromatic heterocycles. The number of aliphatic imine (C=N–C) groups is 1. The minimum atomic E-state index is 0.363. The second kappa shape index (κ2) is 4.47. The van der Waals surface area contributed by atoms with Crippen molar-refractivity contribution in [1.29, 1.82) is 0 Å². The molecule has 0 spiro atoms. The minimum absolute atomic E-state index is 0.363. The van der Waals surface area contributed by atoms with Gasteiger partial charge in [0.1, 0.15) is 0 Å². The molecule has 0 bridgehead atoms. The smallest absolute Gasteiger partial charge is 0.0968 e. The Hall–Kier alpha value is -1.31. The lowest BCUT2D eigenvalue weighted by Crippen LogP contribution is -2.24. The topological polar surface area (TPSA) is 24.4 Å². The molecule has 0 aliphatic carbocycles. The molecular formula is C13H18N2. The molecule has 1 aliphatic heterocycles. The Morgan fingerprint density at radius 1 is 1.40 bits per heavy atom. The Morgan fingerprint density at radius 2 is 2.27 bits per heavy atom. The van der Waals surface area contributed by atoms with Gasteiger partial charge in [-0.05, 0) is 25.8 Å². The Morgan fingerprint density at radius 3 is 2.93 bits per heavy atom. The molecule has 1 aliphatic rings. The number of amidine groups is 1. The maximum Gasteiger partial charge on any atom is 0.0968 e. The van der Waals surface area contributed by atoms with E-state index in [9.17, 15) is 0 Å². The molecule has 0 saturated heterocycles. The standard InChI is InChI=1S/C13H18N2/c1-10-5-3-6-12(9-10)11(2)15-13-7-4-8-14-13/h3,5-6,9,11H,4,7-8H2,1-2H3,(H,14,15)/t11-/m1/s1. The summed E-state index contributed by atoms with van der Waals surface area (Å²) >= 11 is 0. The highest BCUT2D eigenvalue weighted by Crippen LogP contribution is 2.15. The Labute approximate surface area is 91.4 Å². The van der Waals surface area contributed by atoms with Crippen LogP contribution in [0.2, 0.25) is 0 Å². The van der Waals surface area contributed by atoms with Crippen LogP contribution in [-0.4, -0.2) is 12.4 Å². The van der Waals surface area contributed by atoms with Gasteiger partial charge in [0, 0.05) is 19.0 Å². The average molecular weight is 202 g/mol. The highest BCUT2D eigenvalue weighted by atomic mass is 15.0. The fraction of sp³-hybridized carbons (Fsp3) is 0.462. The third-order valence-corrected chi connectivity index (χ3v) is 2.80. The van der Waals surface area contributed by atoms with Crippen LogP contribution in [-0.2, 0) is 0 Å². The third kappa shape index (κ3) is 2.58. The molecular weight excluding hydrogens is 184 g/mol. The van der Waals surface area contributed by atoms with E-state index in [0.29, 0.717) is 6.04 Å². The highest BCUT2D eigenvalue weighted by molar-refractivity contribution is 5.83. The molecule has 1 aromatic rings. The van der Waals surface area contributed by atoms with E-state index in [1.165, 1.54) is 23.4 Å². The monoisotopic (exact) mass is 202 g/mol. The molecule has 0 saturated carbocycles. The summed E-state index contributed by atoms with van der Waals surface area (Å²) in [6.07, 6.45) is 2.30. The van der Waals surface area contributed by atoms with Crippen molar-refractivity contribution in [2.75, 3.05) is 6.54 Å². The van der Waals surface area contributed by atoms with Crippen molar-refractivity contribution < 1.29 is 0 Å². The molecule has 0 amide bonds. The zero-order valence-electron chi connectivity index (χ0n) is 9.46. The summed E-state index contributed by atoms with van der Waals surface area (Å²) in [6, 6.07) is 9.00. The summed E-state index contributed by atoms with van der Waals surface area (Å²) in [6.45, 7) is 5.31. The first-order valence-electron chi connectivity index (χ1n) is 5.62. The van der Waals surface area contributed by atoms with E-state index in [4.69, 9.17) is 0 Å². The minimum Gasteiger partial charge on any atom is -0.367 e. The van der Waals surface area contributed by atoms with Crippen LogP contribution in [0.25, 0.3) is 0 Å². The van der Waals surface area contributed by atoms with Gasteiger partial charge in [0.25, 0.3) is 0 Å². The zero-order valence-corrected chi connectivity index (χ0v) is 9.46. The van der Waals surface area contributed by atoms with Crippen LogP contribution in [0.3, 0.4) is 0 Å². The predicted octanol–water partition coefficient (Wildman–Crippen LogP) is 2.84. The molecule has 80 valence electrons. The van der Waals surface area contributed by atoms with Crippen molar-refractivity contribution in [3.63, 3.8) is 0 Å². The first-order valence-corrected chi connectivity index (χ1v) is 5.62. The van der Waals surface area contributed by atoms with Gasteiger partial charge in [-0.1, -0.05) is 29.8 Å². The normalized spacial score (nSPS) is 17.3. The fourth-order valence-electron chi connectivity index (χ4n) is 1.93. The molecule has 0 radical (unpaired) electrons. The summed E-state index contributed by atoms with van der Waals surface area (Å²) in [5.41, 5.74) is 2.65. The number of hydrogen-bond acceptors (Lipinski definition) is 2. The fourth-order valence-corrected chi connectivity index (χ4v) is 1.93. The molecule has 1 N–H and O–H groups in total. The van der Waals surface area contributed by atoms with Gasteiger partial charge in [0.2, 0.25) is 0 Å². The molecule has 1 atom stereocenters. The van der Waals surface area contributed by atoms with Gasteiger partial charge in [-0.2, -0.15) is 0 Å². The number of hydrogen-bond donors (Lipinski definition) is 1. The van der Waals surface area contributed by atoms with Crippen molar-refractivity contribution in [2.45, 2.75) is 32.7 Å². The number of rotatable bonds is 2. The molecule has 0 fully saturated rings. The Balaban J connectivity index is 2.04. The van der Waals surface area contributed by atoms with Gasteiger partial charge in [-0.15, -0.1) is 0 Å². The maximum atomic E-state index is 4.43. The SMILES string of the molecule is Cc1cccc([C@@H](C)NC2=NCCC2)c1. The van der Waals surface area contributed by atoms with Crippen LogP contribution in [0.4, 0.5) is 0 Å². The van der Waals surface area contributed by atoms with E-state index >= 15 is 0 Å². The van der Waals surface area contributed by atoms with Crippen LogP contribution in [0.5, 0.6) is 0 Å². The quantitative estimate of drug-likeness (QED) is 0.783. The van der Waals surface area contributed by atoms with Crippen LogP contribution >= 0.6 is 0 Å². The van der Waals surface area contributed by atoms with E-state index in [-0.39, 0.29) is 0 Å². The molecule has 2 rings (SSSR count). The summed E-state index contributed by atoms with van der Waals surface area (Å²) in [5, 5.41) is 3.47. The summed E-state index contributed by atoms with van der Waals surface area (Å²) in [4.78, 5) is 4.43. The van der Waals surface area contributed by atoms with Crippen molar-refractivity contribution in [1.82, 2.24) is 5.32 Å². The molecule has 2 heteroatoms. The molecule has 0 unspecified atom stereocenters. The number of benzene rings is 1. The largest absolute Gasteiger partial charge is 0.367 e. The highest BCUT2D eigenvalue weighted by Gasteiger charge is 2.10. The molecule has 15 heavy (non-hydrogen) atoms. The van der Waals surface area contributed by atoms with Gasteiger partial charge in [-0.3, -0.25) is 4.99 Å². The van der Waals surface area contributed by atoms with Gasteiger partial charge >= 0.3 is 0 Å². The van der Waals surface area contributed by atoms with E-state index in [1.807, 2.05) is 0 Å². The van der Waals surface area contributed by atoms with Crippen molar-refractivity contribution in [3.8, 4) is 0 Å². The van der Waals surface area contributed by atoms with E-state index in [0.717, 1.165) is 13.0 Å². The van der Waals surface area contributed by atoms with Crippen LogP contribution in [0.15, 0.2) is 29.3 Å². The lowest BCUT2D eigenvalue weighted by Gasteiger charge is -2.15. The van der Waals surface area contributed by atoms with Gasteiger partial charge in [0.15, 0.2) is 0 Å². The van der Waals surface area contributed by atoms with Crippen LogP contribution in [0, 0.1) is 6.92 Å². The Kier molecular flexibility index (Phi) is 3.05. The lowest BCUT2D eigenvalue weighted by molar-refractivity contribution is 0.708. The molecule has 1 aromatic carbocycles. The van der Waals surface area contributed by atoms with Crippen LogP contribution < -0.4 is 5.32 Å². The third-order valence-electron chi connectivity index (χ3n) is 2.80. The second-order valence-corrected chi connectivity index (χ2v) is 4.21. The number of nitrogens with zero attached hydrogens (tertiary/aromatic N) is 1. The second-order valence-electron chi connectivity index (χ2n) is 4.21. The molecule has 1 heterocycles. The van der Waals surface area contributed by atoms with Gasteiger partial charge < -0.3 is 5.32 Å². The summed E-state index contributed by atoms with van der Waals surface area (Å²) < 4.78 is 0. The van der Waals surface area contributed by atoms with E-state index in [1.54, 1.807) is 0 Å². The van der Waals surface area contributed by atoms with Crippen molar-refractivity contribution in [3.05, 3.63) is 35.4 Å². The summed E-state index contributed by atoms with van der Waals surface area (Å²) in [5.74, 6) is 1.17. The number of nitrogens with one attached hydrogen (secondary N) is 1. The van der Waals surface area contributed by atoms with Crippen LogP contribution in [0.1, 0.15) is 36.9 Å². The number of aryl methyl sites for hydroxylation is 1. The van der Waals surface area contributed by atoms with E-state index < -0.39 is 0 Å². The summed E-state index contributed by atoms with van der Waals surface area (Å²) in [7, 11) is 0. The Bertz CT molecular complexity index is 369. The first kappa shape index (κ1) is 10.2. The van der Waals surface area contributed by atoms with Gasteiger partial charge in [0.05, 0.1) is 5.84 Å². The average Bonchev–Trinajstić information content (AvgIpc) is 2.70. The molecule has 2 nitrogen and oxygen atoms in total. The van der Waals surface area contributed by atoms with Gasteiger partial charge in [-0.25, -0.2) is 0 Å². The van der Waals surface area contributed by atoms with E-state index in [2.05, 4.69) is 48.4 Å². The predicted molar refractivity (Wildman–Crippen MR) is 64.3 cm³/mol. The maximum absolute atomic E-state index is 4.43. The van der Waals surface area contributed by atoms with Crippen molar-refractivity contribution in [2.24, 2.45) is 4.99 Å². The van der Waals surface area contributed by atoms with Crippen molar-refractivity contribution >= 4 is 5.84 Å². The lowest BCUT2D eigenvalue weighted by atomic mass is 10.1. The zero-order chi connectivity index (χ0) is 10.7.